The van der Waals surface area contributed by atoms with Crippen molar-refractivity contribution < 1.29 is 13.9 Å². The largest absolute Gasteiger partial charge is 0.460 e. The predicted molar refractivity (Wildman–Crippen MR) is 85.5 cm³/mol. The zero-order chi connectivity index (χ0) is 15.4. The number of piperidine rings is 3. The number of furan rings is 1. The van der Waals surface area contributed by atoms with Gasteiger partial charge in [0, 0.05) is 23.9 Å². The maximum Gasteiger partial charge on any atom is 0.415 e. The van der Waals surface area contributed by atoms with Crippen LogP contribution < -0.4 is 4.90 Å². The molecule has 23 heavy (non-hydrogen) atoms. The van der Waals surface area contributed by atoms with E-state index in [0.29, 0.717) is 18.2 Å². The molecule has 0 saturated carbocycles. The van der Waals surface area contributed by atoms with Gasteiger partial charge in [0.1, 0.15) is 17.6 Å². The molecule has 0 aromatic carbocycles. The monoisotopic (exact) mass is 331 g/mol. The fourth-order valence-corrected chi connectivity index (χ4v) is 4.69. The number of nitrogens with zero attached hydrogens (tertiary/aromatic N) is 3. The Morgan fingerprint density at radius 3 is 2.87 bits per heavy atom. The molecule has 0 aliphatic carbocycles. The van der Waals surface area contributed by atoms with Crippen LogP contribution in [0.3, 0.4) is 0 Å². The Morgan fingerprint density at radius 2 is 2.17 bits per heavy atom. The molecule has 0 N–H and O–H groups in total. The lowest BCUT2D eigenvalue weighted by molar-refractivity contribution is -0.0881. The number of ether oxygens (including phenoxy) is 1. The average molecular weight is 331 g/mol. The molecule has 6 nitrogen and oxygen atoms in total. The van der Waals surface area contributed by atoms with Crippen LogP contribution in [0.4, 0.5) is 10.5 Å². The number of carbonyl (C=O) groups is 1. The second-order valence-electron chi connectivity index (χ2n) is 6.61. The van der Waals surface area contributed by atoms with Crippen LogP contribution in [0.1, 0.15) is 12.8 Å². The van der Waals surface area contributed by atoms with Crippen LogP contribution in [0.5, 0.6) is 0 Å². The highest BCUT2D eigenvalue weighted by atomic mass is 32.1. The molecule has 2 aromatic heterocycles. The van der Waals surface area contributed by atoms with Gasteiger partial charge in [0.15, 0.2) is 5.76 Å². The lowest BCUT2D eigenvalue weighted by atomic mass is 9.75. The minimum Gasteiger partial charge on any atom is -0.460 e. The molecule has 1 spiro atoms. The number of rotatable bonds is 2. The number of anilines is 1. The molecule has 4 fully saturated rings. The molecule has 4 saturated heterocycles. The lowest BCUT2D eigenvalue weighted by Crippen LogP contribution is -2.61. The van der Waals surface area contributed by atoms with Gasteiger partial charge in [-0.3, -0.25) is 9.80 Å². The van der Waals surface area contributed by atoms with Crippen molar-refractivity contribution in [3.05, 3.63) is 23.2 Å². The Morgan fingerprint density at radius 1 is 1.30 bits per heavy atom. The standard InChI is InChI=1S/C16H17N3O3S/c20-15-19(12-5-14(21-6-12)13-7-23-10-17-13)9-16(22-15)8-18-3-1-11(16)2-4-18/h5-7,10-11H,1-4,8-9H2/t16-/m1/s1. The van der Waals surface area contributed by atoms with Crippen molar-refractivity contribution in [1.82, 2.24) is 9.88 Å². The highest BCUT2D eigenvalue weighted by Crippen LogP contribution is 2.43. The number of fused-ring (bicyclic) bond motifs is 2. The third-order valence-electron chi connectivity index (χ3n) is 5.34. The first kappa shape index (κ1) is 13.6. The van der Waals surface area contributed by atoms with Gasteiger partial charge in [-0.1, -0.05) is 0 Å². The molecule has 1 atom stereocenters. The van der Waals surface area contributed by atoms with E-state index in [4.69, 9.17) is 9.15 Å². The van der Waals surface area contributed by atoms with E-state index in [1.165, 1.54) is 11.3 Å². The fraction of sp³-hybridized carbons (Fsp3) is 0.500. The Hall–Kier alpha value is -1.86. The van der Waals surface area contributed by atoms with Crippen molar-refractivity contribution in [3.8, 4) is 11.5 Å². The van der Waals surface area contributed by atoms with Crippen molar-refractivity contribution in [3.63, 3.8) is 0 Å². The molecule has 0 radical (unpaired) electrons. The third kappa shape index (κ3) is 2.03. The first-order valence-electron chi connectivity index (χ1n) is 7.93. The topological polar surface area (TPSA) is 58.8 Å². The second kappa shape index (κ2) is 4.82. The van der Waals surface area contributed by atoms with Crippen LogP contribution >= 0.6 is 11.3 Å². The Balaban J connectivity index is 1.43. The smallest absolute Gasteiger partial charge is 0.415 e. The molecule has 0 unspecified atom stereocenters. The van der Waals surface area contributed by atoms with Crippen molar-refractivity contribution in [2.24, 2.45) is 5.92 Å². The summed E-state index contributed by atoms with van der Waals surface area (Å²) in [6, 6.07) is 1.87. The molecule has 2 bridgehead atoms. The molecule has 4 aliphatic heterocycles. The van der Waals surface area contributed by atoms with Crippen LogP contribution in [0, 0.1) is 5.92 Å². The van der Waals surface area contributed by atoms with Crippen LogP contribution in [-0.4, -0.2) is 47.8 Å². The summed E-state index contributed by atoms with van der Waals surface area (Å²) in [6.45, 7) is 3.73. The molecule has 2 aromatic rings. The number of hydrogen-bond donors (Lipinski definition) is 0. The molecule has 6 heterocycles. The third-order valence-corrected chi connectivity index (χ3v) is 5.93. The quantitative estimate of drug-likeness (QED) is 0.847. The Kier molecular flexibility index (Phi) is 2.84. The average Bonchev–Trinajstić information content (AvgIpc) is 3.28. The Bertz CT molecular complexity index is 736. The number of carbonyl (C=O) groups excluding carboxylic acids is 1. The molecule has 6 rings (SSSR count). The van der Waals surface area contributed by atoms with Gasteiger partial charge in [-0.2, -0.15) is 0 Å². The summed E-state index contributed by atoms with van der Waals surface area (Å²) >= 11 is 1.52. The summed E-state index contributed by atoms with van der Waals surface area (Å²) < 4.78 is 11.5. The van der Waals surface area contributed by atoms with E-state index < -0.39 is 0 Å². The van der Waals surface area contributed by atoms with E-state index in [1.54, 1.807) is 16.7 Å². The number of hydrogen-bond acceptors (Lipinski definition) is 6. The maximum atomic E-state index is 12.5. The van der Waals surface area contributed by atoms with E-state index in [1.807, 2.05) is 11.4 Å². The van der Waals surface area contributed by atoms with Crippen molar-refractivity contribution in [2.45, 2.75) is 18.4 Å². The predicted octanol–water partition coefficient (Wildman–Crippen LogP) is 2.82. The minimum atomic E-state index is -0.342. The van der Waals surface area contributed by atoms with Gasteiger partial charge >= 0.3 is 6.09 Å². The number of thiazole rings is 1. The molecule has 7 heteroatoms. The highest BCUT2D eigenvalue weighted by molar-refractivity contribution is 7.07. The summed E-state index contributed by atoms with van der Waals surface area (Å²) in [5, 5.41) is 1.93. The van der Waals surface area contributed by atoms with Crippen molar-refractivity contribution >= 4 is 23.1 Å². The number of aromatic nitrogens is 1. The summed E-state index contributed by atoms with van der Waals surface area (Å²) in [4.78, 5) is 20.8. The van der Waals surface area contributed by atoms with E-state index >= 15 is 0 Å². The summed E-state index contributed by atoms with van der Waals surface area (Å²) in [5.74, 6) is 1.16. The first-order valence-corrected chi connectivity index (χ1v) is 8.88. The van der Waals surface area contributed by atoms with E-state index in [-0.39, 0.29) is 11.7 Å². The zero-order valence-electron chi connectivity index (χ0n) is 12.6. The normalized spacial score (nSPS) is 32.7. The van der Waals surface area contributed by atoms with Crippen LogP contribution in [0.15, 0.2) is 27.6 Å². The van der Waals surface area contributed by atoms with Gasteiger partial charge in [0.25, 0.3) is 0 Å². The highest BCUT2D eigenvalue weighted by Gasteiger charge is 2.55. The molecular weight excluding hydrogens is 314 g/mol. The molecule has 120 valence electrons. The summed E-state index contributed by atoms with van der Waals surface area (Å²) in [7, 11) is 0. The van der Waals surface area contributed by atoms with Crippen LogP contribution in [0.2, 0.25) is 0 Å². The van der Waals surface area contributed by atoms with Crippen LogP contribution in [0.25, 0.3) is 11.5 Å². The minimum absolute atomic E-state index is 0.260. The zero-order valence-corrected chi connectivity index (χ0v) is 13.4. The van der Waals surface area contributed by atoms with E-state index in [2.05, 4.69) is 9.88 Å². The van der Waals surface area contributed by atoms with Crippen LogP contribution in [-0.2, 0) is 4.74 Å². The van der Waals surface area contributed by atoms with Gasteiger partial charge in [0.2, 0.25) is 0 Å². The summed E-state index contributed by atoms with van der Waals surface area (Å²) in [5.41, 5.74) is 2.98. The van der Waals surface area contributed by atoms with Gasteiger partial charge in [-0.25, -0.2) is 9.78 Å². The molecule has 1 amide bonds. The van der Waals surface area contributed by atoms with Gasteiger partial charge in [-0.05, 0) is 25.9 Å². The van der Waals surface area contributed by atoms with Crippen molar-refractivity contribution in [2.75, 3.05) is 31.1 Å². The fourth-order valence-electron chi connectivity index (χ4n) is 4.15. The van der Waals surface area contributed by atoms with Gasteiger partial charge in [-0.15, -0.1) is 11.3 Å². The lowest BCUT2D eigenvalue weighted by Gasteiger charge is -2.49. The van der Waals surface area contributed by atoms with E-state index in [9.17, 15) is 4.79 Å². The van der Waals surface area contributed by atoms with Gasteiger partial charge in [0.05, 0.1) is 17.7 Å². The number of amides is 1. The summed E-state index contributed by atoms with van der Waals surface area (Å²) in [6.07, 6.45) is 3.60. The molecule has 4 aliphatic rings. The Labute approximate surface area is 137 Å². The first-order chi connectivity index (χ1) is 11.2. The second-order valence-corrected chi connectivity index (χ2v) is 7.33. The SMILES string of the molecule is O=C1O[C@]2(CN3CCC2CC3)CN1c1coc(-c2cscn2)c1. The van der Waals surface area contributed by atoms with Gasteiger partial charge < -0.3 is 9.15 Å². The maximum absolute atomic E-state index is 12.5. The molecular formula is C16H17N3O3S. The van der Waals surface area contributed by atoms with E-state index in [0.717, 1.165) is 43.9 Å². The van der Waals surface area contributed by atoms with Crippen molar-refractivity contribution in [1.29, 1.82) is 0 Å².